The molecule has 0 aliphatic carbocycles. The lowest BCUT2D eigenvalue weighted by Gasteiger charge is -2.35. The summed E-state index contributed by atoms with van der Waals surface area (Å²) in [5.41, 5.74) is 4.03. The Labute approximate surface area is 152 Å². The second-order valence-corrected chi connectivity index (χ2v) is 6.91. The molecule has 25 heavy (non-hydrogen) atoms. The number of benzene rings is 1. The van der Waals surface area contributed by atoms with Crippen molar-refractivity contribution >= 4 is 23.1 Å². The zero-order valence-electron chi connectivity index (χ0n) is 14.6. The highest BCUT2D eigenvalue weighted by Gasteiger charge is 2.20. The summed E-state index contributed by atoms with van der Waals surface area (Å²) in [5.74, 6) is 1.12. The summed E-state index contributed by atoms with van der Waals surface area (Å²) in [5, 5.41) is 5.37. The SMILES string of the molecule is CCN1CCN(c2cc(C)nc3c(-c4ccc(Cl)cc4)cnn23)CC1. The van der Waals surface area contributed by atoms with Crippen LogP contribution in [0.25, 0.3) is 16.8 Å². The minimum absolute atomic E-state index is 0.735. The van der Waals surface area contributed by atoms with E-state index in [1.807, 2.05) is 41.9 Å². The first-order valence-corrected chi connectivity index (χ1v) is 9.12. The molecule has 1 aliphatic rings. The van der Waals surface area contributed by atoms with Gasteiger partial charge in [0.2, 0.25) is 0 Å². The molecule has 0 saturated carbocycles. The van der Waals surface area contributed by atoms with Gasteiger partial charge in [-0.1, -0.05) is 30.7 Å². The fourth-order valence-corrected chi connectivity index (χ4v) is 3.54. The van der Waals surface area contributed by atoms with Crippen LogP contribution >= 0.6 is 11.6 Å². The standard InChI is InChI=1S/C19H22ClN5/c1-3-23-8-10-24(11-9-23)18-12-14(2)22-19-17(13-21-25(18)19)15-4-6-16(20)7-5-15/h4-7,12-13H,3,8-11H2,1-2H3. The van der Waals surface area contributed by atoms with Crippen molar-refractivity contribution in [3.63, 3.8) is 0 Å². The number of rotatable bonds is 3. The number of nitrogens with zero attached hydrogens (tertiary/aromatic N) is 5. The molecule has 3 heterocycles. The van der Waals surface area contributed by atoms with E-state index < -0.39 is 0 Å². The average molecular weight is 356 g/mol. The zero-order chi connectivity index (χ0) is 17.4. The van der Waals surface area contributed by atoms with Crippen LogP contribution in [-0.4, -0.2) is 52.2 Å². The van der Waals surface area contributed by atoms with E-state index in [4.69, 9.17) is 16.6 Å². The largest absolute Gasteiger partial charge is 0.354 e. The molecule has 1 aromatic carbocycles. The highest BCUT2D eigenvalue weighted by atomic mass is 35.5. The number of aryl methyl sites for hydroxylation is 1. The summed E-state index contributed by atoms with van der Waals surface area (Å²) < 4.78 is 1.97. The summed E-state index contributed by atoms with van der Waals surface area (Å²) in [6, 6.07) is 9.97. The topological polar surface area (TPSA) is 36.7 Å². The Hall–Kier alpha value is -2.11. The molecule has 6 heteroatoms. The number of halogens is 1. The number of fused-ring (bicyclic) bond motifs is 1. The fourth-order valence-electron chi connectivity index (χ4n) is 3.42. The first kappa shape index (κ1) is 16.4. The number of anilines is 1. The van der Waals surface area contributed by atoms with Gasteiger partial charge in [-0.2, -0.15) is 9.61 Å². The second kappa shape index (κ2) is 6.65. The Bertz CT molecular complexity index is 879. The Morgan fingerprint density at radius 1 is 1.08 bits per heavy atom. The summed E-state index contributed by atoms with van der Waals surface area (Å²) in [7, 11) is 0. The minimum atomic E-state index is 0.735. The Morgan fingerprint density at radius 2 is 1.80 bits per heavy atom. The van der Waals surface area contributed by atoms with E-state index in [-0.39, 0.29) is 0 Å². The second-order valence-electron chi connectivity index (χ2n) is 6.48. The van der Waals surface area contributed by atoms with Crippen LogP contribution in [0.3, 0.4) is 0 Å². The zero-order valence-corrected chi connectivity index (χ0v) is 15.4. The molecule has 0 amide bonds. The molecule has 4 rings (SSSR count). The molecule has 130 valence electrons. The van der Waals surface area contributed by atoms with Gasteiger partial charge in [-0.05, 0) is 31.2 Å². The van der Waals surface area contributed by atoms with E-state index in [0.29, 0.717) is 0 Å². The summed E-state index contributed by atoms with van der Waals surface area (Å²) >= 11 is 6.02. The first-order chi connectivity index (χ1) is 12.2. The van der Waals surface area contributed by atoms with Gasteiger partial charge >= 0.3 is 0 Å². The van der Waals surface area contributed by atoms with Gasteiger partial charge in [0.05, 0.1) is 6.20 Å². The predicted octanol–water partition coefficient (Wildman–Crippen LogP) is 3.50. The maximum atomic E-state index is 6.02. The number of hydrogen-bond donors (Lipinski definition) is 0. The maximum absolute atomic E-state index is 6.02. The monoisotopic (exact) mass is 355 g/mol. The quantitative estimate of drug-likeness (QED) is 0.720. The van der Waals surface area contributed by atoms with Crippen LogP contribution in [0.1, 0.15) is 12.6 Å². The molecule has 1 aliphatic heterocycles. The van der Waals surface area contributed by atoms with Crippen molar-refractivity contribution in [2.45, 2.75) is 13.8 Å². The van der Waals surface area contributed by atoms with E-state index in [1.54, 1.807) is 0 Å². The van der Waals surface area contributed by atoms with Crippen molar-refractivity contribution in [3.05, 3.63) is 47.2 Å². The smallest absolute Gasteiger partial charge is 0.165 e. The van der Waals surface area contributed by atoms with E-state index in [0.717, 1.165) is 66.0 Å². The van der Waals surface area contributed by atoms with Gasteiger partial charge in [0, 0.05) is 48.5 Å². The molecule has 0 unspecified atom stereocenters. The van der Waals surface area contributed by atoms with Crippen LogP contribution in [0, 0.1) is 6.92 Å². The van der Waals surface area contributed by atoms with Crippen molar-refractivity contribution in [2.24, 2.45) is 0 Å². The lowest BCUT2D eigenvalue weighted by molar-refractivity contribution is 0.270. The first-order valence-electron chi connectivity index (χ1n) is 8.74. The molecule has 2 aromatic heterocycles. The molecular formula is C19H22ClN5. The van der Waals surface area contributed by atoms with Crippen molar-refractivity contribution < 1.29 is 0 Å². The highest BCUT2D eigenvalue weighted by molar-refractivity contribution is 6.30. The number of hydrogen-bond acceptors (Lipinski definition) is 4. The van der Waals surface area contributed by atoms with E-state index >= 15 is 0 Å². The average Bonchev–Trinajstić information content (AvgIpc) is 3.05. The van der Waals surface area contributed by atoms with E-state index in [2.05, 4.69) is 27.9 Å². The molecule has 1 fully saturated rings. The summed E-state index contributed by atoms with van der Waals surface area (Å²) in [6.45, 7) is 9.59. The number of piperazine rings is 1. The fraction of sp³-hybridized carbons (Fsp3) is 0.368. The number of aromatic nitrogens is 3. The molecule has 0 bridgehead atoms. The number of likely N-dealkylation sites (N-methyl/N-ethyl adjacent to an activating group) is 1. The Kier molecular flexibility index (Phi) is 4.36. The van der Waals surface area contributed by atoms with Gasteiger partial charge in [0.25, 0.3) is 0 Å². The molecule has 3 aromatic rings. The maximum Gasteiger partial charge on any atom is 0.165 e. The molecule has 0 radical (unpaired) electrons. The van der Waals surface area contributed by atoms with Crippen LogP contribution in [-0.2, 0) is 0 Å². The Morgan fingerprint density at radius 3 is 2.48 bits per heavy atom. The van der Waals surface area contributed by atoms with Gasteiger partial charge < -0.3 is 9.80 Å². The van der Waals surface area contributed by atoms with Gasteiger partial charge in [0.1, 0.15) is 5.82 Å². The van der Waals surface area contributed by atoms with Crippen LogP contribution < -0.4 is 4.90 Å². The molecule has 5 nitrogen and oxygen atoms in total. The minimum Gasteiger partial charge on any atom is -0.354 e. The van der Waals surface area contributed by atoms with Gasteiger partial charge in [0.15, 0.2) is 5.65 Å². The summed E-state index contributed by atoms with van der Waals surface area (Å²) in [4.78, 5) is 9.64. The van der Waals surface area contributed by atoms with E-state index in [1.165, 1.54) is 0 Å². The molecule has 1 saturated heterocycles. The third-order valence-electron chi connectivity index (χ3n) is 4.88. The Balaban J connectivity index is 1.75. The van der Waals surface area contributed by atoms with E-state index in [9.17, 15) is 0 Å². The van der Waals surface area contributed by atoms with Crippen LogP contribution in [0.15, 0.2) is 36.5 Å². The van der Waals surface area contributed by atoms with Crippen LogP contribution in [0.2, 0.25) is 5.02 Å². The van der Waals surface area contributed by atoms with Crippen molar-refractivity contribution in [1.29, 1.82) is 0 Å². The van der Waals surface area contributed by atoms with Crippen molar-refractivity contribution in [3.8, 4) is 11.1 Å². The molecule has 0 atom stereocenters. The lowest BCUT2D eigenvalue weighted by atomic mass is 10.1. The third kappa shape index (κ3) is 3.10. The molecule has 0 N–H and O–H groups in total. The lowest BCUT2D eigenvalue weighted by Crippen LogP contribution is -2.46. The third-order valence-corrected chi connectivity index (χ3v) is 5.13. The van der Waals surface area contributed by atoms with Crippen molar-refractivity contribution in [2.75, 3.05) is 37.6 Å². The van der Waals surface area contributed by atoms with Crippen LogP contribution in [0.5, 0.6) is 0 Å². The van der Waals surface area contributed by atoms with Gasteiger partial charge in [-0.3, -0.25) is 0 Å². The van der Waals surface area contributed by atoms with Crippen LogP contribution in [0.4, 0.5) is 5.82 Å². The van der Waals surface area contributed by atoms with Gasteiger partial charge in [-0.15, -0.1) is 0 Å². The summed E-state index contributed by atoms with van der Waals surface area (Å²) in [6.07, 6.45) is 1.90. The van der Waals surface area contributed by atoms with Crippen molar-refractivity contribution in [1.82, 2.24) is 19.5 Å². The predicted molar refractivity (Wildman–Crippen MR) is 102 cm³/mol. The molecular weight excluding hydrogens is 334 g/mol. The van der Waals surface area contributed by atoms with Gasteiger partial charge in [-0.25, -0.2) is 4.98 Å². The molecule has 0 spiro atoms. The normalized spacial score (nSPS) is 15.9. The highest BCUT2D eigenvalue weighted by Crippen LogP contribution is 2.28.